The Kier molecular flexibility index (Phi) is 3.90. The van der Waals surface area contributed by atoms with Crippen LogP contribution in [-0.4, -0.2) is 6.04 Å². The molecule has 1 aromatic carbocycles. The molecule has 0 spiro atoms. The van der Waals surface area contributed by atoms with Gasteiger partial charge in [0, 0.05) is 11.1 Å². The van der Waals surface area contributed by atoms with Crippen molar-refractivity contribution in [3.8, 4) is 0 Å². The van der Waals surface area contributed by atoms with Crippen molar-refractivity contribution in [2.45, 2.75) is 26.3 Å². The van der Waals surface area contributed by atoms with Gasteiger partial charge < -0.3 is 5.73 Å². The van der Waals surface area contributed by atoms with E-state index in [9.17, 15) is 4.39 Å². The van der Waals surface area contributed by atoms with Gasteiger partial charge in [-0.2, -0.15) is 0 Å². The molecule has 1 rings (SSSR count). The number of hydrogen-bond donors (Lipinski definition) is 1. The van der Waals surface area contributed by atoms with E-state index >= 15 is 0 Å². The topological polar surface area (TPSA) is 26.0 Å². The summed E-state index contributed by atoms with van der Waals surface area (Å²) < 4.78 is 13.3. The van der Waals surface area contributed by atoms with Gasteiger partial charge in [0.05, 0.1) is 0 Å². The molecule has 0 fully saturated rings. The van der Waals surface area contributed by atoms with Crippen molar-refractivity contribution in [2.75, 3.05) is 0 Å². The molecule has 0 amide bonds. The van der Waals surface area contributed by atoms with Crippen LogP contribution in [0.2, 0.25) is 5.02 Å². The van der Waals surface area contributed by atoms with Gasteiger partial charge >= 0.3 is 0 Å². The number of nitrogens with two attached hydrogens (primary N) is 1. The van der Waals surface area contributed by atoms with E-state index in [1.165, 1.54) is 6.07 Å². The van der Waals surface area contributed by atoms with E-state index in [4.69, 9.17) is 17.3 Å². The molecule has 3 heteroatoms. The molecule has 0 radical (unpaired) electrons. The van der Waals surface area contributed by atoms with Gasteiger partial charge in [-0.3, -0.25) is 0 Å². The van der Waals surface area contributed by atoms with Crippen LogP contribution in [0.1, 0.15) is 19.4 Å². The van der Waals surface area contributed by atoms with Crippen LogP contribution in [0.15, 0.2) is 18.2 Å². The third-order valence-electron chi connectivity index (χ3n) is 2.32. The Morgan fingerprint density at radius 1 is 1.43 bits per heavy atom. The molecule has 1 nitrogen and oxygen atoms in total. The molecule has 0 heterocycles. The molecular formula is C11H15ClFN. The highest BCUT2D eigenvalue weighted by Gasteiger charge is 2.11. The largest absolute Gasteiger partial charge is 0.327 e. The number of hydrogen-bond acceptors (Lipinski definition) is 1. The molecule has 14 heavy (non-hydrogen) atoms. The van der Waals surface area contributed by atoms with Crippen LogP contribution in [0.25, 0.3) is 0 Å². The Hall–Kier alpha value is -0.600. The van der Waals surface area contributed by atoms with E-state index in [-0.39, 0.29) is 11.9 Å². The fraction of sp³-hybridized carbons (Fsp3) is 0.455. The summed E-state index contributed by atoms with van der Waals surface area (Å²) in [6.45, 7) is 4.04. The second-order valence-electron chi connectivity index (χ2n) is 3.85. The summed E-state index contributed by atoms with van der Waals surface area (Å²) in [5.74, 6) is 0.110. The lowest BCUT2D eigenvalue weighted by molar-refractivity contribution is 0.480. The fourth-order valence-electron chi connectivity index (χ4n) is 1.19. The first kappa shape index (κ1) is 11.5. The average molecular weight is 216 g/mol. The molecule has 2 N–H and O–H groups in total. The van der Waals surface area contributed by atoms with Gasteiger partial charge in [-0.05, 0) is 36.1 Å². The first-order valence-corrected chi connectivity index (χ1v) is 5.08. The predicted molar refractivity (Wildman–Crippen MR) is 57.9 cm³/mol. The van der Waals surface area contributed by atoms with Gasteiger partial charge in [0.1, 0.15) is 5.82 Å². The smallest absolute Gasteiger partial charge is 0.126 e. The average Bonchev–Trinajstić information content (AvgIpc) is 2.11. The molecule has 1 atom stereocenters. The van der Waals surface area contributed by atoms with Crippen molar-refractivity contribution < 1.29 is 4.39 Å². The minimum Gasteiger partial charge on any atom is -0.327 e. The normalized spacial score (nSPS) is 13.3. The van der Waals surface area contributed by atoms with Crippen molar-refractivity contribution in [1.29, 1.82) is 0 Å². The van der Waals surface area contributed by atoms with Crippen LogP contribution in [0.3, 0.4) is 0 Å². The first-order valence-electron chi connectivity index (χ1n) is 4.70. The Balaban J connectivity index is 2.80. The van der Waals surface area contributed by atoms with Gasteiger partial charge in [0.2, 0.25) is 0 Å². The van der Waals surface area contributed by atoms with Crippen molar-refractivity contribution >= 4 is 11.6 Å². The lowest BCUT2D eigenvalue weighted by atomic mass is 9.97. The Labute approximate surface area is 89.1 Å². The highest BCUT2D eigenvalue weighted by atomic mass is 35.5. The van der Waals surface area contributed by atoms with E-state index in [0.29, 0.717) is 22.9 Å². The molecule has 1 unspecified atom stereocenters. The maximum atomic E-state index is 13.3. The van der Waals surface area contributed by atoms with Gasteiger partial charge in [-0.15, -0.1) is 0 Å². The molecule has 1 aromatic rings. The van der Waals surface area contributed by atoms with Gasteiger partial charge in [-0.25, -0.2) is 4.39 Å². The molecule has 0 bridgehead atoms. The van der Waals surface area contributed by atoms with Gasteiger partial charge in [0.15, 0.2) is 0 Å². The van der Waals surface area contributed by atoms with E-state index in [1.54, 1.807) is 12.1 Å². The summed E-state index contributed by atoms with van der Waals surface area (Å²) in [4.78, 5) is 0. The van der Waals surface area contributed by atoms with Crippen LogP contribution in [-0.2, 0) is 6.42 Å². The summed E-state index contributed by atoms with van der Waals surface area (Å²) in [6.07, 6.45) is 0.532. The predicted octanol–water partition coefficient (Wildman–Crippen LogP) is 3.00. The van der Waals surface area contributed by atoms with Gasteiger partial charge in [-0.1, -0.05) is 25.4 Å². The van der Waals surface area contributed by atoms with Crippen molar-refractivity contribution in [1.82, 2.24) is 0 Å². The minimum absolute atomic E-state index is 0.0250. The SMILES string of the molecule is CC(C)C(N)Cc1cc(Cl)ccc1F. The van der Waals surface area contributed by atoms with Gasteiger partial charge in [0.25, 0.3) is 0 Å². The molecule has 0 aliphatic heterocycles. The molecule has 0 aromatic heterocycles. The van der Waals surface area contributed by atoms with E-state index in [2.05, 4.69) is 0 Å². The van der Waals surface area contributed by atoms with Crippen molar-refractivity contribution in [3.63, 3.8) is 0 Å². The fourth-order valence-corrected chi connectivity index (χ4v) is 1.38. The highest BCUT2D eigenvalue weighted by Crippen LogP contribution is 2.17. The summed E-state index contributed by atoms with van der Waals surface area (Å²) in [5.41, 5.74) is 6.45. The Bertz CT molecular complexity index is 312. The molecule has 0 aliphatic rings. The summed E-state index contributed by atoms with van der Waals surface area (Å²) in [7, 11) is 0. The summed E-state index contributed by atoms with van der Waals surface area (Å²) >= 11 is 5.77. The molecule has 78 valence electrons. The maximum Gasteiger partial charge on any atom is 0.126 e. The van der Waals surface area contributed by atoms with Crippen molar-refractivity contribution in [2.24, 2.45) is 11.7 Å². The molecule has 0 aliphatic carbocycles. The highest BCUT2D eigenvalue weighted by molar-refractivity contribution is 6.30. The van der Waals surface area contributed by atoms with Crippen LogP contribution in [0.4, 0.5) is 4.39 Å². The van der Waals surface area contributed by atoms with Crippen LogP contribution >= 0.6 is 11.6 Å². The quantitative estimate of drug-likeness (QED) is 0.824. The van der Waals surface area contributed by atoms with E-state index in [0.717, 1.165) is 0 Å². The third-order valence-corrected chi connectivity index (χ3v) is 2.55. The summed E-state index contributed by atoms with van der Waals surface area (Å²) in [6, 6.07) is 4.54. The monoisotopic (exact) mass is 215 g/mol. The Morgan fingerprint density at radius 2 is 2.07 bits per heavy atom. The van der Waals surface area contributed by atoms with Crippen molar-refractivity contribution in [3.05, 3.63) is 34.6 Å². The third kappa shape index (κ3) is 2.96. The zero-order valence-corrected chi connectivity index (χ0v) is 9.18. The summed E-state index contributed by atoms with van der Waals surface area (Å²) in [5, 5.41) is 0.553. The van der Waals surface area contributed by atoms with Crippen LogP contribution in [0.5, 0.6) is 0 Å². The number of halogens is 2. The lowest BCUT2D eigenvalue weighted by Gasteiger charge is -2.15. The first-order chi connectivity index (χ1) is 6.50. The number of rotatable bonds is 3. The standard InChI is InChI=1S/C11H15ClFN/c1-7(2)11(14)6-8-5-9(12)3-4-10(8)13/h3-5,7,11H,6,14H2,1-2H3. The second-order valence-corrected chi connectivity index (χ2v) is 4.28. The second kappa shape index (κ2) is 4.76. The zero-order valence-electron chi connectivity index (χ0n) is 8.43. The molecule has 0 saturated heterocycles. The van der Waals surface area contributed by atoms with E-state index < -0.39 is 0 Å². The van der Waals surface area contributed by atoms with Crippen LogP contribution < -0.4 is 5.73 Å². The zero-order chi connectivity index (χ0) is 10.7. The number of benzene rings is 1. The lowest BCUT2D eigenvalue weighted by Crippen LogP contribution is -2.29. The molecular weight excluding hydrogens is 201 g/mol. The Morgan fingerprint density at radius 3 is 2.64 bits per heavy atom. The minimum atomic E-state index is -0.231. The van der Waals surface area contributed by atoms with Crippen LogP contribution in [0, 0.1) is 11.7 Å². The molecule has 0 saturated carbocycles. The maximum absolute atomic E-state index is 13.3. The van der Waals surface area contributed by atoms with E-state index in [1.807, 2.05) is 13.8 Å².